The lowest BCUT2D eigenvalue weighted by atomic mass is 10.1. The third-order valence-corrected chi connectivity index (χ3v) is 4.91. The van der Waals surface area contributed by atoms with Gasteiger partial charge in [0.05, 0.1) is 16.7 Å². The Morgan fingerprint density at radius 2 is 1.44 bits per heavy atom. The lowest BCUT2D eigenvalue weighted by molar-refractivity contribution is 1.14. The van der Waals surface area contributed by atoms with Gasteiger partial charge < -0.3 is 5.32 Å². The van der Waals surface area contributed by atoms with E-state index in [1.165, 1.54) is 0 Å². The van der Waals surface area contributed by atoms with E-state index in [2.05, 4.69) is 29.6 Å². The van der Waals surface area contributed by atoms with Gasteiger partial charge in [-0.1, -0.05) is 54.6 Å². The summed E-state index contributed by atoms with van der Waals surface area (Å²) in [5.74, 6) is 0. The van der Waals surface area contributed by atoms with Crippen molar-refractivity contribution < 1.29 is 0 Å². The third kappa shape index (κ3) is 1.89. The molecule has 25 heavy (non-hydrogen) atoms. The maximum absolute atomic E-state index is 13.1. The molecule has 0 fully saturated rings. The summed E-state index contributed by atoms with van der Waals surface area (Å²) in [6.07, 6.45) is 0. The van der Waals surface area contributed by atoms with E-state index in [1.807, 2.05) is 59.9 Å². The van der Waals surface area contributed by atoms with Crippen LogP contribution in [0.5, 0.6) is 0 Å². The van der Waals surface area contributed by atoms with Crippen molar-refractivity contribution in [1.82, 2.24) is 4.40 Å². The van der Waals surface area contributed by atoms with Gasteiger partial charge in [0.2, 0.25) is 0 Å². The predicted octanol–water partition coefficient (Wildman–Crippen LogP) is 5.10. The average Bonchev–Trinajstić information content (AvgIpc) is 3.00. The molecule has 0 aliphatic heterocycles. The summed E-state index contributed by atoms with van der Waals surface area (Å²) in [5, 5.41) is 6.74. The van der Waals surface area contributed by atoms with Crippen LogP contribution in [0, 0.1) is 6.92 Å². The number of hydrogen-bond acceptors (Lipinski definition) is 2. The van der Waals surface area contributed by atoms with E-state index >= 15 is 0 Å². The Balaban J connectivity index is 1.95. The molecule has 0 radical (unpaired) electrons. The fourth-order valence-electron chi connectivity index (χ4n) is 3.73. The summed E-state index contributed by atoms with van der Waals surface area (Å²) in [6, 6.07) is 24.3. The van der Waals surface area contributed by atoms with E-state index < -0.39 is 0 Å². The van der Waals surface area contributed by atoms with E-state index in [1.54, 1.807) is 0 Å². The number of benzene rings is 3. The van der Waals surface area contributed by atoms with Crippen molar-refractivity contribution in [2.75, 3.05) is 5.32 Å². The van der Waals surface area contributed by atoms with E-state index in [-0.39, 0.29) is 5.56 Å². The third-order valence-electron chi connectivity index (χ3n) is 4.91. The van der Waals surface area contributed by atoms with Gasteiger partial charge in [-0.3, -0.25) is 9.20 Å². The minimum Gasteiger partial charge on any atom is -0.355 e. The number of para-hydroxylation sites is 3. The molecular formula is C22H16N2O. The van der Waals surface area contributed by atoms with Gasteiger partial charge in [-0.05, 0) is 25.1 Å². The van der Waals surface area contributed by atoms with Crippen molar-refractivity contribution in [3.05, 3.63) is 88.7 Å². The molecule has 0 aliphatic carbocycles. The zero-order valence-corrected chi connectivity index (χ0v) is 13.8. The van der Waals surface area contributed by atoms with Crippen LogP contribution in [0.2, 0.25) is 0 Å². The summed E-state index contributed by atoms with van der Waals surface area (Å²) in [5.41, 5.74) is 4.57. The maximum atomic E-state index is 13.1. The van der Waals surface area contributed by atoms with Crippen LogP contribution >= 0.6 is 0 Å². The molecule has 3 aromatic carbocycles. The zero-order chi connectivity index (χ0) is 17.0. The number of pyridine rings is 1. The average molecular weight is 324 g/mol. The molecule has 1 N–H and O–H groups in total. The van der Waals surface area contributed by atoms with Crippen molar-refractivity contribution in [2.45, 2.75) is 6.92 Å². The van der Waals surface area contributed by atoms with Crippen LogP contribution in [-0.2, 0) is 0 Å². The van der Waals surface area contributed by atoms with Crippen molar-refractivity contribution in [3.63, 3.8) is 0 Å². The zero-order valence-electron chi connectivity index (χ0n) is 13.8. The number of anilines is 2. The predicted molar refractivity (Wildman–Crippen MR) is 104 cm³/mol. The summed E-state index contributed by atoms with van der Waals surface area (Å²) < 4.78 is 1.85. The van der Waals surface area contributed by atoms with Crippen molar-refractivity contribution in [3.8, 4) is 0 Å². The van der Waals surface area contributed by atoms with Gasteiger partial charge in [-0.2, -0.15) is 0 Å². The number of fused-ring (bicyclic) bond motifs is 3. The molecule has 5 rings (SSSR count). The monoisotopic (exact) mass is 324 g/mol. The van der Waals surface area contributed by atoms with Gasteiger partial charge in [0, 0.05) is 27.4 Å². The van der Waals surface area contributed by atoms with Gasteiger partial charge in [0.15, 0.2) is 0 Å². The van der Waals surface area contributed by atoms with E-state index in [0.717, 1.165) is 44.1 Å². The normalized spacial score (nSPS) is 11.6. The van der Waals surface area contributed by atoms with Crippen LogP contribution in [-0.4, -0.2) is 4.40 Å². The first-order valence-electron chi connectivity index (χ1n) is 8.36. The topological polar surface area (TPSA) is 33.5 Å². The van der Waals surface area contributed by atoms with Crippen LogP contribution in [0.25, 0.3) is 27.2 Å². The highest BCUT2D eigenvalue weighted by Gasteiger charge is 2.18. The lowest BCUT2D eigenvalue weighted by Crippen LogP contribution is -2.17. The largest absolute Gasteiger partial charge is 0.355 e. The Kier molecular flexibility index (Phi) is 2.86. The number of aromatic nitrogens is 1. The Labute approximate surface area is 144 Å². The minimum atomic E-state index is 0.0309. The highest BCUT2D eigenvalue weighted by atomic mass is 16.1. The van der Waals surface area contributed by atoms with Crippen molar-refractivity contribution in [1.29, 1.82) is 0 Å². The molecule has 0 unspecified atom stereocenters. The Hall–Kier alpha value is -3.33. The highest BCUT2D eigenvalue weighted by Crippen LogP contribution is 2.35. The Morgan fingerprint density at radius 3 is 2.28 bits per heavy atom. The van der Waals surface area contributed by atoms with E-state index in [4.69, 9.17) is 0 Å². The number of nitrogens with zero attached hydrogens (tertiary/aromatic N) is 1. The summed E-state index contributed by atoms with van der Waals surface area (Å²) >= 11 is 0. The number of rotatable bonds is 2. The molecule has 0 saturated carbocycles. The van der Waals surface area contributed by atoms with Crippen molar-refractivity contribution in [2.24, 2.45) is 0 Å². The first kappa shape index (κ1) is 14.1. The lowest BCUT2D eigenvalue weighted by Gasteiger charge is -2.13. The fraction of sp³-hybridized carbons (Fsp3) is 0.0455. The van der Waals surface area contributed by atoms with Gasteiger partial charge in [-0.25, -0.2) is 0 Å². The van der Waals surface area contributed by atoms with E-state index in [9.17, 15) is 4.79 Å². The molecule has 0 amide bonds. The summed E-state index contributed by atoms with van der Waals surface area (Å²) in [6.45, 7) is 1.89. The Bertz CT molecular complexity index is 1290. The minimum absolute atomic E-state index is 0.0309. The molecular weight excluding hydrogens is 308 g/mol. The quantitative estimate of drug-likeness (QED) is 0.490. The molecule has 3 nitrogen and oxygen atoms in total. The van der Waals surface area contributed by atoms with Gasteiger partial charge in [0.1, 0.15) is 0 Å². The maximum Gasteiger partial charge on any atom is 0.260 e. The molecule has 0 aliphatic rings. The number of nitrogens with one attached hydrogen (secondary N) is 1. The molecule has 0 spiro atoms. The second-order valence-corrected chi connectivity index (χ2v) is 6.35. The number of hydrogen-bond donors (Lipinski definition) is 1. The SMILES string of the molecule is Cc1c(Nc2ccccc2)c2cccc3c4ccccc4n(c1=O)c23. The second-order valence-electron chi connectivity index (χ2n) is 6.35. The van der Waals surface area contributed by atoms with E-state index in [0.29, 0.717) is 0 Å². The van der Waals surface area contributed by atoms with Gasteiger partial charge >= 0.3 is 0 Å². The van der Waals surface area contributed by atoms with Gasteiger partial charge in [0.25, 0.3) is 5.56 Å². The molecule has 0 bridgehead atoms. The van der Waals surface area contributed by atoms with Crippen molar-refractivity contribution >= 4 is 38.6 Å². The van der Waals surface area contributed by atoms with Gasteiger partial charge in [-0.15, -0.1) is 0 Å². The molecule has 0 atom stereocenters. The van der Waals surface area contributed by atoms with Crippen LogP contribution in [0.4, 0.5) is 11.4 Å². The molecule has 120 valence electrons. The van der Waals surface area contributed by atoms with Crippen LogP contribution < -0.4 is 10.9 Å². The van der Waals surface area contributed by atoms with Crippen LogP contribution in [0.3, 0.4) is 0 Å². The molecule has 2 aromatic heterocycles. The molecule has 2 heterocycles. The standard InChI is InChI=1S/C22H16N2O/c1-14-20(23-15-8-3-2-4-9-15)18-12-7-11-17-16-10-5-6-13-19(16)24(21(17)18)22(14)25/h2-13,23H,1H3. The first-order valence-corrected chi connectivity index (χ1v) is 8.36. The summed E-state index contributed by atoms with van der Waals surface area (Å²) in [7, 11) is 0. The smallest absolute Gasteiger partial charge is 0.260 e. The summed E-state index contributed by atoms with van der Waals surface area (Å²) in [4.78, 5) is 13.1. The molecule has 0 saturated heterocycles. The highest BCUT2D eigenvalue weighted by molar-refractivity contribution is 6.16. The molecule has 3 heteroatoms. The molecule has 5 aromatic rings. The first-order chi connectivity index (χ1) is 12.3. The second kappa shape index (κ2) is 5.08. The fourth-order valence-corrected chi connectivity index (χ4v) is 3.73. The van der Waals surface area contributed by atoms with Crippen LogP contribution in [0.1, 0.15) is 5.56 Å². The Morgan fingerprint density at radius 1 is 0.760 bits per heavy atom. The van der Waals surface area contributed by atoms with Crippen LogP contribution in [0.15, 0.2) is 77.6 Å².